The van der Waals surface area contributed by atoms with Crippen LogP contribution in [0, 0.1) is 6.07 Å². The zero-order chi connectivity index (χ0) is 55.8. The number of aromatic nitrogens is 3. The summed E-state index contributed by atoms with van der Waals surface area (Å²) in [6, 6.07) is 54.6. The molecule has 0 aliphatic carbocycles. The minimum absolute atomic E-state index is 0. The predicted molar refractivity (Wildman–Crippen MR) is 287 cm³/mol. The van der Waals surface area contributed by atoms with Gasteiger partial charge in [-0.3, -0.25) is 9.55 Å². The SMILES string of the molecule is [2H]C([2H])([2H])C(c1cccc(-c2nc3c(-c4[c-]c(-c5cc(-c6ccc(C(C)(C)C)cc6)ccn5)cc(C(C)(C)C)c4)cccc3n2-c2c(-c3ccccc3)cc(C(C)(C)C)cc2-c2ccccc2)c1O)(C([2H])([2H])[2H])C([2H])([2H])[2H].[Pt]. The molecule has 0 fully saturated rings. The van der Waals surface area contributed by atoms with Crippen molar-refractivity contribution in [3.05, 3.63) is 192 Å². The summed E-state index contributed by atoms with van der Waals surface area (Å²) >= 11 is 0. The fourth-order valence-electron chi connectivity index (χ4n) is 8.94. The predicted octanol–water partition coefficient (Wildman–Crippen LogP) is 17.1. The van der Waals surface area contributed by atoms with Gasteiger partial charge in [0.1, 0.15) is 11.6 Å². The molecule has 0 radical (unpaired) electrons. The summed E-state index contributed by atoms with van der Waals surface area (Å²) in [5, 5.41) is 12.8. The summed E-state index contributed by atoms with van der Waals surface area (Å²) < 4.78 is 79.9. The van der Waals surface area contributed by atoms with E-state index in [0.717, 1.165) is 61.8 Å². The zero-order valence-corrected chi connectivity index (χ0v) is 43.0. The van der Waals surface area contributed by atoms with Crippen molar-refractivity contribution < 1.29 is 38.5 Å². The van der Waals surface area contributed by atoms with Crippen molar-refractivity contribution in [2.24, 2.45) is 0 Å². The van der Waals surface area contributed by atoms with Crippen LogP contribution in [0.25, 0.3) is 83.9 Å². The Morgan fingerprint density at radius 2 is 1.04 bits per heavy atom. The molecule has 2 aromatic heterocycles. The molecule has 0 unspecified atom stereocenters. The largest absolute Gasteiger partial charge is 0.507 e. The van der Waals surface area contributed by atoms with Gasteiger partial charge in [-0.1, -0.05) is 209 Å². The van der Waals surface area contributed by atoms with E-state index in [1.807, 2.05) is 95.7 Å². The molecule has 9 rings (SSSR count). The van der Waals surface area contributed by atoms with Crippen LogP contribution in [-0.2, 0) is 42.7 Å². The second-order valence-corrected chi connectivity index (χ2v) is 21.0. The number of hydrogen-bond acceptors (Lipinski definition) is 3. The minimum Gasteiger partial charge on any atom is -0.507 e. The number of pyridine rings is 1. The summed E-state index contributed by atoms with van der Waals surface area (Å²) in [6.45, 7) is 8.55. The van der Waals surface area contributed by atoms with Gasteiger partial charge in [0.25, 0.3) is 0 Å². The first-order chi connectivity index (χ1) is 35.9. The van der Waals surface area contributed by atoms with Crippen LogP contribution >= 0.6 is 0 Å². The summed E-state index contributed by atoms with van der Waals surface area (Å²) in [5.74, 6) is -0.718. The van der Waals surface area contributed by atoms with Gasteiger partial charge >= 0.3 is 0 Å². The van der Waals surface area contributed by atoms with E-state index in [-0.39, 0.29) is 48.7 Å². The van der Waals surface area contributed by atoms with Gasteiger partial charge in [0.15, 0.2) is 0 Å². The quantitative estimate of drug-likeness (QED) is 0.162. The Labute approximate surface area is 437 Å². The topological polar surface area (TPSA) is 50.9 Å². The molecule has 352 valence electrons. The molecule has 5 heteroatoms. The molecular formula is C64H64N3OPt-. The van der Waals surface area contributed by atoms with Crippen molar-refractivity contribution >= 4 is 11.0 Å². The van der Waals surface area contributed by atoms with Crippen molar-refractivity contribution in [2.75, 3.05) is 0 Å². The van der Waals surface area contributed by atoms with E-state index in [1.165, 1.54) is 17.7 Å². The maximum Gasteiger partial charge on any atom is 0.148 e. The number of aromatic hydroxyl groups is 1. The monoisotopic (exact) mass is 1090 g/mol. The molecule has 0 amide bonds. The smallest absolute Gasteiger partial charge is 0.148 e. The molecule has 4 nitrogen and oxygen atoms in total. The fraction of sp³-hybridized carbons (Fsp3) is 0.250. The molecule has 0 spiro atoms. The molecule has 0 saturated carbocycles. The maximum absolute atomic E-state index is 12.8. The number of benzene rings is 7. The van der Waals surface area contributed by atoms with Crippen LogP contribution in [0.15, 0.2) is 164 Å². The van der Waals surface area contributed by atoms with Crippen LogP contribution in [0.2, 0.25) is 0 Å². The first-order valence-corrected chi connectivity index (χ1v) is 23.2. The first-order valence-electron chi connectivity index (χ1n) is 27.7. The van der Waals surface area contributed by atoms with E-state index < -0.39 is 37.3 Å². The average Bonchev–Trinajstić information content (AvgIpc) is 3.77. The van der Waals surface area contributed by atoms with Gasteiger partial charge in [0, 0.05) is 56.4 Å². The van der Waals surface area contributed by atoms with Crippen LogP contribution in [0.3, 0.4) is 0 Å². The van der Waals surface area contributed by atoms with Crippen LogP contribution in [0.4, 0.5) is 0 Å². The molecule has 1 N–H and O–H groups in total. The molecule has 2 heterocycles. The molecular weight excluding hydrogens is 1020 g/mol. The Bertz CT molecular complexity index is 3560. The van der Waals surface area contributed by atoms with Crippen LogP contribution in [-0.4, -0.2) is 19.6 Å². The number of nitrogens with zero attached hydrogens (tertiary/aromatic N) is 3. The average molecular weight is 1100 g/mol. The summed E-state index contributed by atoms with van der Waals surface area (Å²) in [5.41, 5.74) is 8.26. The van der Waals surface area contributed by atoms with Crippen LogP contribution < -0.4 is 0 Å². The Kier molecular flexibility index (Phi) is 10.3. The third-order valence-electron chi connectivity index (χ3n) is 12.9. The van der Waals surface area contributed by atoms with Crippen molar-refractivity contribution in [3.63, 3.8) is 0 Å². The number of para-hydroxylation sites is 2. The van der Waals surface area contributed by atoms with Crippen LogP contribution in [0.1, 0.15) is 117 Å². The van der Waals surface area contributed by atoms with Gasteiger partial charge in [0.2, 0.25) is 0 Å². The molecule has 0 atom stereocenters. The Hall–Kier alpha value is -6.35. The first kappa shape index (κ1) is 38.5. The van der Waals surface area contributed by atoms with E-state index in [0.29, 0.717) is 27.8 Å². The van der Waals surface area contributed by atoms with Crippen molar-refractivity contribution in [1.29, 1.82) is 0 Å². The third-order valence-corrected chi connectivity index (χ3v) is 12.9. The maximum atomic E-state index is 12.8. The van der Waals surface area contributed by atoms with Gasteiger partial charge in [-0.15, -0.1) is 29.3 Å². The summed E-state index contributed by atoms with van der Waals surface area (Å²) in [7, 11) is 0. The third kappa shape index (κ3) is 9.79. The molecule has 0 saturated heterocycles. The minimum atomic E-state index is -3.65. The summed E-state index contributed by atoms with van der Waals surface area (Å²) in [6.07, 6.45) is 1.81. The second kappa shape index (κ2) is 18.5. The number of imidazole rings is 1. The Morgan fingerprint density at radius 1 is 0.493 bits per heavy atom. The van der Waals surface area contributed by atoms with Crippen molar-refractivity contribution in [3.8, 4) is 78.6 Å². The van der Waals surface area contributed by atoms with E-state index in [9.17, 15) is 5.11 Å². The number of fused-ring (bicyclic) bond motifs is 1. The Morgan fingerprint density at radius 3 is 1.62 bits per heavy atom. The molecule has 0 aliphatic rings. The van der Waals surface area contributed by atoms with Crippen LogP contribution in [0.5, 0.6) is 5.75 Å². The van der Waals surface area contributed by atoms with E-state index >= 15 is 0 Å². The van der Waals surface area contributed by atoms with E-state index in [1.54, 1.807) is 0 Å². The second-order valence-electron chi connectivity index (χ2n) is 21.0. The van der Waals surface area contributed by atoms with Gasteiger partial charge in [0.05, 0.1) is 22.3 Å². The van der Waals surface area contributed by atoms with E-state index in [4.69, 9.17) is 22.3 Å². The number of hydrogen-bond donors (Lipinski definition) is 1. The fourth-order valence-corrected chi connectivity index (χ4v) is 8.94. The summed E-state index contributed by atoms with van der Waals surface area (Å²) in [4.78, 5) is 10.4. The molecule has 0 aliphatic heterocycles. The molecule has 7 aromatic carbocycles. The normalized spacial score (nSPS) is 14.8. The number of phenols is 1. The molecule has 9 aromatic rings. The number of rotatable bonds is 7. The van der Waals surface area contributed by atoms with Gasteiger partial charge in [-0.05, 0) is 90.9 Å². The zero-order valence-electron chi connectivity index (χ0n) is 49.7. The van der Waals surface area contributed by atoms with Crippen molar-refractivity contribution in [2.45, 2.75) is 105 Å². The van der Waals surface area contributed by atoms with Gasteiger partial charge in [-0.25, -0.2) is 4.98 Å². The standard InChI is InChI=1S/C64H64N3O.Pt/c1-61(2,3)47-31-29-41(30-32-47)44-33-34-65-55(38-44)46-35-45(36-48(37-46)62(4,5)6)50-25-20-28-56-57(50)66-60(51-26-19-27-54(59(51)68)64(10,11)12)67(56)58-52(42-21-15-13-16-22-42)39-49(63(7,8)9)40-53(58)43-23-17-14-18-24-43;/h13-34,36-40,68H,1-12H3;/q-1;/i10D3,11D3,12D3;. The van der Waals surface area contributed by atoms with Gasteiger partial charge in [-0.2, -0.15) is 0 Å². The molecule has 69 heavy (non-hydrogen) atoms. The Balaban J connectivity index is 0.00000803. The van der Waals surface area contributed by atoms with E-state index in [2.05, 4.69) is 123 Å². The van der Waals surface area contributed by atoms with Crippen molar-refractivity contribution in [1.82, 2.24) is 14.5 Å². The number of phenolic OH excluding ortho intramolecular Hbond substituents is 1. The van der Waals surface area contributed by atoms with Gasteiger partial charge < -0.3 is 5.11 Å². The molecule has 0 bridgehead atoms.